The maximum Gasteiger partial charge on any atom is 0.257 e. The van der Waals surface area contributed by atoms with Crippen molar-refractivity contribution in [2.24, 2.45) is 0 Å². The lowest BCUT2D eigenvalue weighted by atomic mass is 10.2. The molecule has 0 aliphatic heterocycles. The van der Waals surface area contributed by atoms with Gasteiger partial charge in [0.2, 0.25) is 5.13 Å². The highest BCUT2D eigenvalue weighted by Crippen LogP contribution is 2.37. The van der Waals surface area contributed by atoms with Crippen LogP contribution in [0.15, 0.2) is 16.5 Å². The van der Waals surface area contributed by atoms with Gasteiger partial charge in [-0.05, 0) is 31.7 Å². The topological polar surface area (TPSA) is 73.3 Å². The molecule has 0 fully saturated rings. The van der Waals surface area contributed by atoms with Gasteiger partial charge in [0, 0.05) is 5.56 Å². The van der Waals surface area contributed by atoms with Crippen molar-refractivity contribution >= 4 is 45.7 Å². The van der Waals surface area contributed by atoms with Crippen LogP contribution in [0.25, 0.3) is 0 Å². The molecule has 1 aromatic heterocycles. The smallest absolute Gasteiger partial charge is 0.257 e. The van der Waals surface area contributed by atoms with Gasteiger partial charge in [-0.25, -0.2) is 0 Å². The quantitative estimate of drug-likeness (QED) is 0.562. The van der Waals surface area contributed by atoms with Gasteiger partial charge in [0.05, 0.1) is 18.2 Å². The van der Waals surface area contributed by atoms with E-state index in [1.165, 1.54) is 18.4 Å². The third-order valence-electron chi connectivity index (χ3n) is 2.74. The number of nitrogens with one attached hydrogen (secondary N) is 1. The summed E-state index contributed by atoms with van der Waals surface area (Å²) >= 11 is 9.13. The summed E-state index contributed by atoms with van der Waals surface area (Å²) in [6, 6.07) is 3.13. The Morgan fingerprint density at radius 2 is 2.17 bits per heavy atom. The Morgan fingerprint density at radius 3 is 2.79 bits per heavy atom. The van der Waals surface area contributed by atoms with E-state index in [2.05, 4.69) is 15.5 Å². The maximum absolute atomic E-state index is 12.4. The number of benzene rings is 1. The zero-order valence-corrected chi connectivity index (χ0v) is 16.1. The number of halogens is 1. The lowest BCUT2D eigenvalue weighted by Gasteiger charge is -2.16. The molecule has 0 radical (unpaired) electrons. The number of ether oxygens (including phenoxy) is 2. The summed E-state index contributed by atoms with van der Waals surface area (Å²) in [5.74, 6) is 1.38. The standard InChI is InChI=1S/C15H18ClN3O3S2/c1-5-23-15-19-18-14(24-15)17-13(20)9-6-10(16)12(22-8(2)3)11(7-9)21-4/h6-8H,5H2,1-4H3,(H,17,18,20). The SMILES string of the molecule is CCSc1nnc(NC(=O)c2cc(Cl)c(OC(C)C)c(OC)c2)s1. The fourth-order valence-corrected chi connectivity index (χ4v) is 3.71. The normalized spacial score (nSPS) is 10.8. The largest absolute Gasteiger partial charge is 0.493 e. The highest BCUT2D eigenvalue weighted by atomic mass is 35.5. The van der Waals surface area contributed by atoms with Gasteiger partial charge in [0.1, 0.15) is 0 Å². The van der Waals surface area contributed by atoms with Gasteiger partial charge in [-0.1, -0.05) is 41.6 Å². The van der Waals surface area contributed by atoms with Crippen LogP contribution < -0.4 is 14.8 Å². The molecule has 6 nitrogen and oxygen atoms in total. The molecule has 0 spiro atoms. The molecule has 2 rings (SSSR count). The first kappa shape index (κ1) is 18.8. The molecule has 0 aliphatic rings. The summed E-state index contributed by atoms with van der Waals surface area (Å²) in [5, 5.41) is 11.4. The van der Waals surface area contributed by atoms with Crippen molar-refractivity contribution in [3.05, 3.63) is 22.7 Å². The number of hydrogen-bond acceptors (Lipinski definition) is 7. The average molecular weight is 388 g/mol. The van der Waals surface area contributed by atoms with Crippen molar-refractivity contribution in [3.63, 3.8) is 0 Å². The van der Waals surface area contributed by atoms with Crippen LogP contribution in [0.5, 0.6) is 11.5 Å². The predicted molar refractivity (Wildman–Crippen MR) is 98.0 cm³/mol. The zero-order valence-electron chi connectivity index (χ0n) is 13.8. The van der Waals surface area contributed by atoms with Crippen LogP contribution in [-0.2, 0) is 0 Å². The van der Waals surface area contributed by atoms with Gasteiger partial charge >= 0.3 is 0 Å². The van der Waals surface area contributed by atoms with Crippen LogP contribution in [0.1, 0.15) is 31.1 Å². The minimum absolute atomic E-state index is 0.0630. The summed E-state index contributed by atoms with van der Waals surface area (Å²) in [5.41, 5.74) is 0.354. The molecule has 130 valence electrons. The molecular weight excluding hydrogens is 370 g/mol. The molecule has 1 N–H and O–H groups in total. The number of methoxy groups -OCH3 is 1. The fraction of sp³-hybridized carbons (Fsp3) is 0.400. The van der Waals surface area contributed by atoms with E-state index < -0.39 is 0 Å². The third kappa shape index (κ3) is 4.75. The van der Waals surface area contributed by atoms with Gasteiger partial charge in [-0.15, -0.1) is 10.2 Å². The predicted octanol–water partition coefficient (Wildman–Crippen LogP) is 4.35. The minimum Gasteiger partial charge on any atom is -0.493 e. The van der Waals surface area contributed by atoms with E-state index in [1.807, 2.05) is 20.8 Å². The number of amides is 1. The Morgan fingerprint density at radius 1 is 1.42 bits per heavy atom. The van der Waals surface area contributed by atoms with Crippen LogP contribution in [-0.4, -0.2) is 35.1 Å². The number of hydrogen-bond donors (Lipinski definition) is 1. The van der Waals surface area contributed by atoms with E-state index in [4.69, 9.17) is 21.1 Å². The van der Waals surface area contributed by atoms with Gasteiger partial charge in [-0.3, -0.25) is 10.1 Å². The monoisotopic (exact) mass is 387 g/mol. The third-order valence-corrected chi connectivity index (χ3v) is 4.87. The molecule has 0 atom stereocenters. The van der Waals surface area contributed by atoms with Gasteiger partial charge < -0.3 is 9.47 Å². The second kappa shape index (κ2) is 8.55. The fourth-order valence-electron chi connectivity index (χ4n) is 1.81. The van der Waals surface area contributed by atoms with Crippen molar-refractivity contribution in [1.29, 1.82) is 0 Å². The van der Waals surface area contributed by atoms with Gasteiger partial charge in [0.15, 0.2) is 15.8 Å². The van der Waals surface area contributed by atoms with E-state index >= 15 is 0 Å². The number of thioether (sulfide) groups is 1. The van der Waals surface area contributed by atoms with Gasteiger partial charge in [0.25, 0.3) is 5.91 Å². The number of carbonyl (C=O) groups excluding carboxylic acids is 1. The van der Waals surface area contributed by atoms with Crippen LogP contribution in [0.2, 0.25) is 5.02 Å². The van der Waals surface area contributed by atoms with E-state index in [0.29, 0.717) is 27.2 Å². The molecule has 1 aromatic carbocycles. The molecule has 0 bridgehead atoms. The Bertz CT molecular complexity index is 722. The molecule has 9 heteroatoms. The van der Waals surface area contributed by atoms with Gasteiger partial charge in [-0.2, -0.15) is 0 Å². The van der Waals surface area contributed by atoms with Crippen LogP contribution in [0.3, 0.4) is 0 Å². The molecular formula is C15H18ClN3O3S2. The Kier molecular flexibility index (Phi) is 6.70. The van der Waals surface area contributed by atoms with E-state index in [9.17, 15) is 4.79 Å². The van der Waals surface area contributed by atoms with Crippen molar-refractivity contribution in [2.45, 2.75) is 31.2 Å². The minimum atomic E-state index is -0.338. The molecule has 24 heavy (non-hydrogen) atoms. The Balaban J connectivity index is 2.20. The first-order valence-corrected chi connectivity index (χ1v) is 9.44. The second-order valence-electron chi connectivity index (χ2n) is 4.92. The maximum atomic E-state index is 12.4. The number of aromatic nitrogens is 2. The summed E-state index contributed by atoms with van der Waals surface area (Å²) in [4.78, 5) is 12.4. The number of anilines is 1. The molecule has 1 amide bonds. The average Bonchev–Trinajstić information content (AvgIpc) is 2.96. The molecule has 0 saturated heterocycles. The molecule has 0 saturated carbocycles. The Labute approximate surface area is 153 Å². The number of carbonyl (C=O) groups is 1. The first-order valence-electron chi connectivity index (χ1n) is 7.26. The Hall–Kier alpha value is -1.51. The number of rotatable bonds is 7. The number of nitrogens with zero attached hydrogens (tertiary/aromatic N) is 2. The highest BCUT2D eigenvalue weighted by Gasteiger charge is 2.18. The lowest BCUT2D eigenvalue weighted by Crippen LogP contribution is -2.13. The van der Waals surface area contributed by atoms with Crippen molar-refractivity contribution < 1.29 is 14.3 Å². The molecule has 1 heterocycles. The van der Waals surface area contributed by atoms with E-state index in [1.54, 1.807) is 23.9 Å². The summed E-state index contributed by atoms with van der Waals surface area (Å²) < 4.78 is 11.7. The van der Waals surface area contributed by atoms with E-state index in [-0.39, 0.29) is 12.0 Å². The summed E-state index contributed by atoms with van der Waals surface area (Å²) in [6.07, 6.45) is -0.0630. The van der Waals surface area contributed by atoms with Crippen LogP contribution in [0.4, 0.5) is 5.13 Å². The highest BCUT2D eigenvalue weighted by molar-refractivity contribution is 8.01. The molecule has 0 unspecified atom stereocenters. The van der Waals surface area contributed by atoms with Crippen molar-refractivity contribution in [2.75, 3.05) is 18.2 Å². The summed E-state index contributed by atoms with van der Waals surface area (Å²) in [6.45, 7) is 5.80. The van der Waals surface area contributed by atoms with Crippen molar-refractivity contribution in [3.8, 4) is 11.5 Å². The first-order chi connectivity index (χ1) is 11.4. The molecule has 0 aliphatic carbocycles. The van der Waals surface area contributed by atoms with Crippen molar-refractivity contribution in [1.82, 2.24) is 10.2 Å². The molecule has 2 aromatic rings. The van der Waals surface area contributed by atoms with E-state index in [0.717, 1.165) is 10.1 Å². The van der Waals surface area contributed by atoms with Crippen LogP contribution in [0, 0.1) is 0 Å². The van der Waals surface area contributed by atoms with Crippen LogP contribution >= 0.6 is 34.7 Å². The zero-order chi connectivity index (χ0) is 17.7. The lowest BCUT2D eigenvalue weighted by molar-refractivity contribution is 0.102. The summed E-state index contributed by atoms with van der Waals surface area (Å²) in [7, 11) is 1.50. The second-order valence-corrected chi connectivity index (χ2v) is 7.81.